The molecule has 1 aliphatic carbocycles. The Hall–Kier alpha value is -2.38. The zero-order chi connectivity index (χ0) is 19.4. The lowest BCUT2D eigenvalue weighted by atomic mass is 9.83. The molecule has 1 aliphatic rings. The summed E-state index contributed by atoms with van der Waals surface area (Å²) in [5.41, 5.74) is 8.34. The van der Waals surface area contributed by atoms with Crippen molar-refractivity contribution in [2.24, 2.45) is 5.73 Å². The van der Waals surface area contributed by atoms with Crippen LogP contribution in [-0.2, 0) is 17.6 Å². The van der Waals surface area contributed by atoms with Crippen LogP contribution in [-0.4, -0.2) is 44.1 Å². The Morgan fingerprint density at radius 3 is 2.74 bits per heavy atom. The first kappa shape index (κ1) is 19.4. The Labute approximate surface area is 163 Å². The number of hydrogen-bond donors (Lipinski definition) is 2. The van der Waals surface area contributed by atoms with Crippen molar-refractivity contribution in [3.63, 3.8) is 0 Å². The minimum atomic E-state index is -0.401. The van der Waals surface area contributed by atoms with Crippen LogP contribution in [0.5, 0.6) is 0 Å². The molecule has 0 saturated heterocycles. The van der Waals surface area contributed by atoms with Gasteiger partial charge in [-0.25, -0.2) is 9.59 Å². The molecule has 1 aromatic carbocycles. The summed E-state index contributed by atoms with van der Waals surface area (Å²) in [5, 5.41) is 3.44. The number of carbonyl (C=O) groups excluding carboxylic acids is 2. The summed E-state index contributed by atoms with van der Waals surface area (Å²) in [7, 11) is 3.05. The third kappa shape index (κ3) is 4.14. The maximum absolute atomic E-state index is 12.4. The lowest BCUT2D eigenvalue weighted by Crippen LogP contribution is -2.35. The van der Waals surface area contributed by atoms with Crippen molar-refractivity contribution in [3.8, 4) is 0 Å². The number of rotatable bonds is 5. The molecule has 0 fully saturated rings. The predicted molar refractivity (Wildman–Crippen MR) is 108 cm³/mol. The second-order valence-electron chi connectivity index (χ2n) is 6.69. The number of nitrogens with two attached hydrogens (primary N) is 1. The van der Waals surface area contributed by atoms with Gasteiger partial charge in [-0.2, -0.15) is 0 Å². The summed E-state index contributed by atoms with van der Waals surface area (Å²) >= 11 is 1.48. The number of nitrogens with one attached hydrogen (secondary N) is 1. The highest BCUT2D eigenvalue weighted by Crippen LogP contribution is 2.42. The van der Waals surface area contributed by atoms with Gasteiger partial charge in [0, 0.05) is 25.0 Å². The molecule has 6 nitrogen and oxygen atoms in total. The van der Waals surface area contributed by atoms with Crippen molar-refractivity contribution < 1.29 is 14.3 Å². The normalized spacial score (nSPS) is 15.7. The molecule has 0 radical (unpaired) electrons. The Kier molecular flexibility index (Phi) is 6.13. The fraction of sp³-hybridized carbons (Fsp3) is 0.400. The van der Waals surface area contributed by atoms with Gasteiger partial charge in [-0.1, -0.05) is 30.3 Å². The van der Waals surface area contributed by atoms with Gasteiger partial charge in [0.05, 0.1) is 12.7 Å². The van der Waals surface area contributed by atoms with Crippen LogP contribution in [0.1, 0.15) is 38.7 Å². The van der Waals surface area contributed by atoms with E-state index >= 15 is 0 Å². The molecule has 3 N–H and O–H groups in total. The van der Waals surface area contributed by atoms with Crippen LogP contribution in [0, 0.1) is 0 Å². The lowest BCUT2D eigenvalue weighted by Gasteiger charge is -2.22. The van der Waals surface area contributed by atoms with E-state index < -0.39 is 5.97 Å². The number of benzene rings is 1. The zero-order valence-electron chi connectivity index (χ0n) is 15.7. The van der Waals surface area contributed by atoms with E-state index in [9.17, 15) is 9.59 Å². The van der Waals surface area contributed by atoms with Crippen LogP contribution >= 0.6 is 11.3 Å². The number of esters is 1. The van der Waals surface area contributed by atoms with Gasteiger partial charge in [0.1, 0.15) is 5.00 Å². The molecule has 2 aromatic rings. The maximum Gasteiger partial charge on any atom is 0.341 e. The van der Waals surface area contributed by atoms with Crippen molar-refractivity contribution in [1.82, 2.24) is 4.90 Å². The van der Waals surface area contributed by atoms with Gasteiger partial charge in [-0.3, -0.25) is 5.32 Å². The van der Waals surface area contributed by atoms with Crippen molar-refractivity contribution in [2.45, 2.75) is 25.2 Å². The third-order valence-corrected chi connectivity index (χ3v) is 6.13. The van der Waals surface area contributed by atoms with E-state index in [1.807, 2.05) is 6.07 Å². The predicted octanol–water partition coefficient (Wildman–Crippen LogP) is 3.23. The average molecular weight is 388 g/mol. The number of thiophene rings is 1. The molecule has 0 spiro atoms. The number of methoxy groups -OCH3 is 1. The van der Waals surface area contributed by atoms with E-state index in [1.54, 1.807) is 7.05 Å². The van der Waals surface area contributed by atoms with E-state index in [1.165, 1.54) is 28.9 Å². The number of likely N-dealkylation sites (N-methyl/N-ethyl adjacent to an activating group) is 1. The highest BCUT2D eigenvalue weighted by molar-refractivity contribution is 7.17. The number of hydrogen-bond acceptors (Lipinski definition) is 5. The van der Waals surface area contributed by atoms with E-state index in [4.69, 9.17) is 10.5 Å². The van der Waals surface area contributed by atoms with Gasteiger partial charge < -0.3 is 15.4 Å². The van der Waals surface area contributed by atoms with Crippen LogP contribution in [0.25, 0.3) is 0 Å². The summed E-state index contributed by atoms with van der Waals surface area (Å²) < 4.78 is 4.99. The summed E-state index contributed by atoms with van der Waals surface area (Å²) in [6.07, 6.45) is 2.63. The topological polar surface area (TPSA) is 84.7 Å². The molecule has 1 unspecified atom stereocenters. The molecule has 1 heterocycles. The molecule has 0 bridgehead atoms. The summed E-state index contributed by atoms with van der Waals surface area (Å²) in [4.78, 5) is 27.4. The molecular weight excluding hydrogens is 362 g/mol. The first-order valence-corrected chi connectivity index (χ1v) is 9.86. The SMILES string of the molecule is COC(=O)c1c(NC(=O)N(C)CCN)sc2c1CCC(c1ccccc1)C2. The fourth-order valence-electron chi connectivity index (χ4n) is 3.49. The second-order valence-corrected chi connectivity index (χ2v) is 7.80. The number of anilines is 1. The average Bonchev–Trinajstić information content (AvgIpc) is 3.05. The molecule has 3 rings (SSSR count). The Morgan fingerprint density at radius 2 is 2.07 bits per heavy atom. The summed E-state index contributed by atoms with van der Waals surface area (Å²) in [5.74, 6) is 0.0220. The number of urea groups is 1. The molecule has 0 saturated carbocycles. The Balaban J connectivity index is 1.88. The van der Waals surface area contributed by atoms with Crippen LogP contribution in [0.4, 0.5) is 9.80 Å². The first-order chi connectivity index (χ1) is 13.0. The van der Waals surface area contributed by atoms with Gasteiger partial charge in [0.15, 0.2) is 0 Å². The molecule has 1 atom stereocenters. The number of fused-ring (bicyclic) bond motifs is 1. The molecule has 7 heteroatoms. The van der Waals surface area contributed by atoms with Gasteiger partial charge in [-0.05, 0) is 36.3 Å². The number of nitrogens with zero attached hydrogens (tertiary/aromatic N) is 1. The standard InChI is InChI=1S/C20H25N3O3S/c1-23(11-10-21)20(25)22-18-17(19(24)26-2)15-9-8-14(12-16(15)27-18)13-6-4-3-5-7-13/h3-7,14H,8-12,21H2,1-2H3,(H,22,25). The number of carbonyl (C=O) groups is 2. The second kappa shape index (κ2) is 8.54. The molecule has 144 valence electrons. The summed E-state index contributed by atoms with van der Waals surface area (Å²) in [6, 6.07) is 10.1. The van der Waals surface area contributed by atoms with Gasteiger partial charge in [-0.15, -0.1) is 11.3 Å². The van der Waals surface area contributed by atoms with Crippen LogP contribution < -0.4 is 11.1 Å². The van der Waals surface area contributed by atoms with Crippen LogP contribution in [0.3, 0.4) is 0 Å². The summed E-state index contributed by atoms with van der Waals surface area (Å²) in [6.45, 7) is 0.827. The third-order valence-electron chi connectivity index (χ3n) is 4.96. The molecule has 0 aliphatic heterocycles. The highest BCUT2D eigenvalue weighted by atomic mass is 32.1. The Bertz CT molecular complexity index is 819. The minimum Gasteiger partial charge on any atom is -0.465 e. The molecule has 2 amide bonds. The van der Waals surface area contributed by atoms with Crippen molar-refractivity contribution >= 4 is 28.3 Å². The number of ether oxygens (including phenoxy) is 1. The fourth-order valence-corrected chi connectivity index (χ4v) is 4.79. The van der Waals surface area contributed by atoms with E-state index in [0.29, 0.717) is 29.6 Å². The smallest absolute Gasteiger partial charge is 0.341 e. The minimum absolute atomic E-state index is 0.274. The largest absolute Gasteiger partial charge is 0.465 e. The monoisotopic (exact) mass is 387 g/mol. The Morgan fingerprint density at radius 1 is 1.33 bits per heavy atom. The maximum atomic E-state index is 12.4. The lowest BCUT2D eigenvalue weighted by molar-refractivity contribution is 0.0601. The van der Waals surface area contributed by atoms with Gasteiger partial charge in [0.2, 0.25) is 0 Å². The molecule has 1 aromatic heterocycles. The first-order valence-electron chi connectivity index (χ1n) is 9.05. The van der Waals surface area contributed by atoms with E-state index in [-0.39, 0.29) is 6.03 Å². The van der Waals surface area contributed by atoms with Gasteiger partial charge >= 0.3 is 12.0 Å². The van der Waals surface area contributed by atoms with Crippen molar-refractivity contribution in [1.29, 1.82) is 0 Å². The quantitative estimate of drug-likeness (QED) is 0.772. The molecule has 27 heavy (non-hydrogen) atoms. The highest BCUT2D eigenvalue weighted by Gasteiger charge is 2.30. The number of amides is 2. The van der Waals surface area contributed by atoms with Crippen LogP contribution in [0.15, 0.2) is 30.3 Å². The van der Waals surface area contributed by atoms with Crippen molar-refractivity contribution in [3.05, 3.63) is 51.9 Å². The van der Waals surface area contributed by atoms with Crippen molar-refractivity contribution in [2.75, 3.05) is 32.6 Å². The van der Waals surface area contributed by atoms with E-state index in [0.717, 1.165) is 29.7 Å². The van der Waals surface area contributed by atoms with E-state index in [2.05, 4.69) is 29.6 Å². The van der Waals surface area contributed by atoms with Crippen LogP contribution in [0.2, 0.25) is 0 Å². The molecular formula is C20H25N3O3S. The zero-order valence-corrected chi connectivity index (χ0v) is 16.5. The van der Waals surface area contributed by atoms with Gasteiger partial charge in [0.25, 0.3) is 0 Å².